The van der Waals surface area contributed by atoms with Gasteiger partial charge in [0.25, 0.3) is 0 Å². The molecule has 3 rings (SSSR count). The number of nitrogens with zero attached hydrogens (tertiary/aromatic N) is 2. The van der Waals surface area contributed by atoms with Crippen molar-refractivity contribution in [1.82, 2.24) is 15.1 Å². The van der Waals surface area contributed by atoms with Gasteiger partial charge in [-0.05, 0) is 36.3 Å². The topological polar surface area (TPSA) is 44.8 Å². The van der Waals surface area contributed by atoms with Gasteiger partial charge in [-0.25, -0.2) is 0 Å². The first-order valence-corrected chi connectivity index (χ1v) is 11.0. The highest BCUT2D eigenvalue weighted by molar-refractivity contribution is 5.78. The van der Waals surface area contributed by atoms with Gasteiger partial charge in [0.2, 0.25) is 5.91 Å². The summed E-state index contributed by atoms with van der Waals surface area (Å²) in [7, 11) is 0. The predicted octanol–water partition coefficient (Wildman–Crippen LogP) is 2.69. The van der Waals surface area contributed by atoms with Crippen LogP contribution < -0.4 is 5.32 Å². The Morgan fingerprint density at radius 2 is 1.96 bits per heavy atom. The van der Waals surface area contributed by atoms with Crippen LogP contribution in [-0.4, -0.2) is 67.2 Å². The third-order valence-corrected chi connectivity index (χ3v) is 5.60. The maximum absolute atomic E-state index is 12.6. The highest BCUT2D eigenvalue weighted by Gasteiger charge is 2.30. The van der Waals surface area contributed by atoms with E-state index < -0.39 is 0 Å². The summed E-state index contributed by atoms with van der Waals surface area (Å²) in [5.74, 6) is 0.772. The first kappa shape index (κ1) is 21.3. The Labute approximate surface area is 170 Å². The van der Waals surface area contributed by atoms with Crippen LogP contribution in [0.4, 0.5) is 0 Å². The molecule has 1 heterocycles. The number of carbonyl (C=O) groups is 1. The van der Waals surface area contributed by atoms with Gasteiger partial charge in [-0.2, -0.15) is 0 Å². The standard InChI is InChI=1S/C23H37N3O2/c1-4-19-5-7-20(8-6-19)15-26(21-9-10-21)17-23(27)24-13-22-16-25(11-12-28-22)14-18(2)3/h5-8,18,21-22H,4,9-17H2,1-3H3,(H,24,27). The quantitative estimate of drug-likeness (QED) is 0.670. The molecule has 2 fully saturated rings. The average Bonchev–Trinajstić information content (AvgIpc) is 3.51. The van der Waals surface area contributed by atoms with Gasteiger partial charge < -0.3 is 10.1 Å². The van der Waals surface area contributed by atoms with Gasteiger partial charge in [0, 0.05) is 38.8 Å². The molecular formula is C23H37N3O2. The molecule has 2 aliphatic rings. The summed E-state index contributed by atoms with van der Waals surface area (Å²) in [5, 5.41) is 3.11. The zero-order chi connectivity index (χ0) is 19.9. The van der Waals surface area contributed by atoms with Crippen LogP contribution in [0.2, 0.25) is 0 Å². The summed E-state index contributed by atoms with van der Waals surface area (Å²) in [5.41, 5.74) is 2.65. The van der Waals surface area contributed by atoms with Crippen molar-refractivity contribution in [3.8, 4) is 0 Å². The minimum absolute atomic E-state index is 0.104. The Kier molecular flexibility index (Phi) is 7.89. The number of benzene rings is 1. The zero-order valence-corrected chi connectivity index (χ0v) is 17.8. The highest BCUT2D eigenvalue weighted by atomic mass is 16.5. The summed E-state index contributed by atoms with van der Waals surface area (Å²) in [4.78, 5) is 17.3. The molecule has 1 aromatic carbocycles. The molecule has 28 heavy (non-hydrogen) atoms. The van der Waals surface area contributed by atoms with Gasteiger partial charge in [0.15, 0.2) is 0 Å². The van der Waals surface area contributed by atoms with E-state index in [1.165, 1.54) is 24.0 Å². The van der Waals surface area contributed by atoms with Gasteiger partial charge in [-0.15, -0.1) is 0 Å². The number of nitrogens with one attached hydrogen (secondary N) is 1. The van der Waals surface area contributed by atoms with Crippen molar-refractivity contribution in [2.75, 3.05) is 39.3 Å². The van der Waals surface area contributed by atoms with E-state index in [1.54, 1.807) is 0 Å². The number of aryl methyl sites for hydroxylation is 1. The number of amides is 1. The molecule has 1 amide bonds. The molecule has 0 bridgehead atoms. The predicted molar refractivity (Wildman–Crippen MR) is 113 cm³/mol. The van der Waals surface area contributed by atoms with Gasteiger partial charge >= 0.3 is 0 Å². The molecule has 0 spiro atoms. The van der Waals surface area contributed by atoms with Crippen LogP contribution >= 0.6 is 0 Å². The maximum Gasteiger partial charge on any atom is 0.234 e. The van der Waals surface area contributed by atoms with Crippen molar-refractivity contribution < 1.29 is 9.53 Å². The van der Waals surface area contributed by atoms with E-state index in [4.69, 9.17) is 4.74 Å². The molecule has 1 N–H and O–H groups in total. The van der Waals surface area contributed by atoms with Crippen LogP contribution in [0.1, 0.15) is 44.7 Å². The molecular weight excluding hydrogens is 350 g/mol. The largest absolute Gasteiger partial charge is 0.374 e. The van der Waals surface area contributed by atoms with Crippen LogP contribution in [0.5, 0.6) is 0 Å². The summed E-state index contributed by atoms with van der Waals surface area (Å²) in [6.45, 7) is 12.4. The van der Waals surface area contributed by atoms with Crippen molar-refractivity contribution in [3.63, 3.8) is 0 Å². The number of rotatable bonds is 10. The SMILES string of the molecule is CCc1ccc(CN(CC(=O)NCC2CN(CC(C)C)CCO2)C2CC2)cc1. The van der Waals surface area contributed by atoms with Crippen LogP contribution in [0, 0.1) is 5.92 Å². The molecule has 0 radical (unpaired) electrons. The van der Waals surface area contributed by atoms with Crippen LogP contribution in [0.15, 0.2) is 24.3 Å². The van der Waals surface area contributed by atoms with E-state index in [2.05, 4.69) is 60.2 Å². The molecule has 1 saturated carbocycles. The summed E-state index contributed by atoms with van der Waals surface area (Å²) in [6.07, 6.45) is 3.58. The number of carbonyl (C=O) groups excluding carboxylic acids is 1. The lowest BCUT2D eigenvalue weighted by Crippen LogP contribution is -2.49. The molecule has 1 saturated heterocycles. The van der Waals surface area contributed by atoms with E-state index >= 15 is 0 Å². The molecule has 0 aromatic heterocycles. The second-order valence-corrected chi connectivity index (χ2v) is 8.76. The highest BCUT2D eigenvalue weighted by Crippen LogP contribution is 2.28. The molecule has 1 aliphatic carbocycles. The zero-order valence-electron chi connectivity index (χ0n) is 17.8. The summed E-state index contributed by atoms with van der Waals surface area (Å²) in [6, 6.07) is 9.36. The van der Waals surface area contributed by atoms with E-state index in [0.717, 1.165) is 39.2 Å². The fourth-order valence-corrected chi connectivity index (χ4v) is 3.92. The monoisotopic (exact) mass is 387 g/mol. The van der Waals surface area contributed by atoms with Crippen LogP contribution in [0.25, 0.3) is 0 Å². The Bertz CT molecular complexity index is 613. The molecule has 1 atom stereocenters. The van der Waals surface area contributed by atoms with Gasteiger partial charge in [-0.1, -0.05) is 45.0 Å². The van der Waals surface area contributed by atoms with E-state index in [-0.39, 0.29) is 12.0 Å². The Morgan fingerprint density at radius 1 is 1.25 bits per heavy atom. The van der Waals surface area contributed by atoms with E-state index in [1.807, 2.05) is 0 Å². The van der Waals surface area contributed by atoms with Gasteiger partial charge in [0.05, 0.1) is 19.3 Å². The molecule has 1 aromatic rings. The fourth-order valence-electron chi connectivity index (χ4n) is 3.92. The fraction of sp³-hybridized carbons (Fsp3) is 0.696. The normalized spacial score (nSPS) is 20.7. The molecule has 156 valence electrons. The van der Waals surface area contributed by atoms with Crippen molar-refractivity contribution in [2.45, 2.75) is 58.7 Å². The lowest BCUT2D eigenvalue weighted by atomic mass is 10.1. The van der Waals surface area contributed by atoms with Crippen molar-refractivity contribution in [2.24, 2.45) is 5.92 Å². The second kappa shape index (κ2) is 10.4. The number of hydrogen-bond donors (Lipinski definition) is 1. The number of ether oxygens (including phenoxy) is 1. The van der Waals surface area contributed by atoms with Crippen molar-refractivity contribution >= 4 is 5.91 Å². The van der Waals surface area contributed by atoms with Gasteiger partial charge in [-0.3, -0.25) is 14.6 Å². The molecule has 1 unspecified atom stereocenters. The lowest BCUT2D eigenvalue weighted by molar-refractivity contribution is -0.123. The molecule has 5 heteroatoms. The van der Waals surface area contributed by atoms with E-state index in [0.29, 0.717) is 25.0 Å². The summed E-state index contributed by atoms with van der Waals surface area (Å²) >= 11 is 0. The third-order valence-electron chi connectivity index (χ3n) is 5.60. The van der Waals surface area contributed by atoms with Crippen molar-refractivity contribution in [3.05, 3.63) is 35.4 Å². The smallest absolute Gasteiger partial charge is 0.234 e. The lowest BCUT2D eigenvalue weighted by Gasteiger charge is -2.34. The second-order valence-electron chi connectivity index (χ2n) is 8.76. The third kappa shape index (κ3) is 6.87. The van der Waals surface area contributed by atoms with E-state index in [9.17, 15) is 4.79 Å². The van der Waals surface area contributed by atoms with Crippen LogP contribution in [-0.2, 0) is 22.5 Å². The first-order chi connectivity index (χ1) is 13.5. The Morgan fingerprint density at radius 3 is 2.61 bits per heavy atom. The minimum Gasteiger partial charge on any atom is -0.374 e. The molecule has 1 aliphatic heterocycles. The Balaban J connectivity index is 1.44. The average molecular weight is 388 g/mol. The summed E-state index contributed by atoms with van der Waals surface area (Å²) < 4.78 is 5.85. The first-order valence-electron chi connectivity index (χ1n) is 11.0. The molecule has 5 nitrogen and oxygen atoms in total. The number of morpholine rings is 1. The van der Waals surface area contributed by atoms with Gasteiger partial charge in [0.1, 0.15) is 0 Å². The number of hydrogen-bond acceptors (Lipinski definition) is 4. The minimum atomic E-state index is 0.104. The van der Waals surface area contributed by atoms with Crippen LogP contribution in [0.3, 0.4) is 0 Å². The Hall–Kier alpha value is -1.43. The maximum atomic E-state index is 12.6. The van der Waals surface area contributed by atoms with Crippen molar-refractivity contribution in [1.29, 1.82) is 0 Å².